The van der Waals surface area contributed by atoms with Crippen molar-refractivity contribution in [3.63, 3.8) is 0 Å². The van der Waals surface area contributed by atoms with E-state index < -0.39 is 0 Å². The van der Waals surface area contributed by atoms with Crippen LogP contribution < -0.4 is 4.74 Å². The molecule has 1 saturated carbocycles. The van der Waals surface area contributed by atoms with Gasteiger partial charge in [0.05, 0.1) is 6.61 Å². The largest absolute Gasteiger partial charge is 0.490 e. The fraction of sp³-hybridized carbons (Fsp3) is 0.647. The Morgan fingerprint density at radius 3 is 2.58 bits per heavy atom. The van der Waals surface area contributed by atoms with Crippen molar-refractivity contribution in [2.24, 2.45) is 11.3 Å². The summed E-state index contributed by atoms with van der Waals surface area (Å²) in [6, 6.07) is 3.56. The Labute approximate surface area is 115 Å². The first-order valence-corrected chi connectivity index (χ1v) is 7.41. The molecule has 1 aromatic carbocycles. The van der Waals surface area contributed by atoms with Crippen LogP contribution in [0.4, 0.5) is 4.39 Å². The Morgan fingerprint density at radius 2 is 1.95 bits per heavy atom. The molecular formula is C17H23FO. The lowest BCUT2D eigenvalue weighted by atomic mass is 9.77. The van der Waals surface area contributed by atoms with Gasteiger partial charge in [0.2, 0.25) is 0 Å². The third-order valence-corrected chi connectivity index (χ3v) is 4.51. The van der Waals surface area contributed by atoms with E-state index in [1.807, 2.05) is 6.07 Å². The van der Waals surface area contributed by atoms with E-state index in [0.29, 0.717) is 24.2 Å². The van der Waals surface area contributed by atoms with Gasteiger partial charge in [0.15, 0.2) is 11.6 Å². The molecule has 0 saturated heterocycles. The maximum atomic E-state index is 14.0. The summed E-state index contributed by atoms with van der Waals surface area (Å²) < 4.78 is 19.8. The maximum absolute atomic E-state index is 14.0. The summed E-state index contributed by atoms with van der Waals surface area (Å²) in [5.41, 5.74) is 2.66. The Balaban J connectivity index is 1.90. The smallest absolute Gasteiger partial charge is 0.165 e. The highest BCUT2D eigenvalue weighted by atomic mass is 19.1. The zero-order chi connectivity index (χ0) is 13.6. The van der Waals surface area contributed by atoms with Crippen LogP contribution in [0, 0.1) is 17.2 Å². The summed E-state index contributed by atoms with van der Waals surface area (Å²) >= 11 is 0. The number of ether oxygens (including phenoxy) is 1. The van der Waals surface area contributed by atoms with Gasteiger partial charge in [-0.2, -0.15) is 0 Å². The lowest BCUT2D eigenvalue weighted by molar-refractivity contribution is 0.282. The number of halogens is 1. The molecule has 2 aliphatic rings. The lowest BCUT2D eigenvalue weighted by Gasteiger charge is -2.28. The fourth-order valence-electron chi connectivity index (χ4n) is 3.18. The Morgan fingerprint density at radius 1 is 1.21 bits per heavy atom. The van der Waals surface area contributed by atoms with Crippen LogP contribution in [0.25, 0.3) is 0 Å². The van der Waals surface area contributed by atoms with Crippen molar-refractivity contribution in [2.75, 3.05) is 6.61 Å². The van der Waals surface area contributed by atoms with Gasteiger partial charge < -0.3 is 4.74 Å². The summed E-state index contributed by atoms with van der Waals surface area (Å²) in [5, 5.41) is 0. The fourth-order valence-corrected chi connectivity index (χ4v) is 3.18. The van der Waals surface area contributed by atoms with Crippen LogP contribution in [-0.4, -0.2) is 6.61 Å². The number of rotatable bonds is 3. The van der Waals surface area contributed by atoms with Gasteiger partial charge in [-0.3, -0.25) is 0 Å². The molecule has 2 aliphatic carbocycles. The van der Waals surface area contributed by atoms with Crippen LogP contribution in [0.5, 0.6) is 5.75 Å². The summed E-state index contributed by atoms with van der Waals surface area (Å²) in [7, 11) is 0. The van der Waals surface area contributed by atoms with Crippen LogP contribution in [0.2, 0.25) is 0 Å². The molecule has 0 N–H and O–H groups in total. The van der Waals surface area contributed by atoms with Gasteiger partial charge >= 0.3 is 0 Å². The molecule has 1 fully saturated rings. The predicted molar refractivity (Wildman–Crippen MR) is 75.1 cm³/mol. The summed E-state index contributed by atoms with van der Waals surface area (Å²) in [4.78, 5) is 0. The minimum absolute atomic E-state index is 0.186. The van der Waals surface area contributed by atoms with E-state index >= 15 is 0 Å². The van der Waals surface area contributed by atoms with Crippen molar-refractivity contribution < 1.29 is 9.13 Å². The van der Waals surface area contributed by atoms with E-state index in [1.165, 1.54) is 18.4 Å². The Bertz CT molecular complexity index is 483. The highest BCUT2D eigenvalue weighted by Crippen LogP contribution is 2.48. The number of benzene rings is 1. The minimum atomic E-state index is -0.186. The summed E-state index contributed by atoms with van der Waals surface area (Å²) in [6.45, 7) is 7.48. The normalized spacial score (nSPS) is 22.4. The van der Waals surface area contributed by atoms with Crippen LogP contribution in [0.15, 0.2) is 12.1 Å². The molecule has 0 aromatic heterocycles. The van der Waals surface area contributed by atoms with Gasteiger partial charge in [-0.15, -0.1) is 0 Å². The van der Waals surface area contributed by atoms with E-state index in [4.69, 9.17) is 4.74 Å². The molecule has 0 heterocycles. The quantitative estimate of drug-likeness (QED) is 0.767. The van der Waals surface area contributed by atoms with Crippen molar-refractivity contribution in [2.45, 2.75) is 52.4 Å². The third-order valence-electron chi connectivity index (χ3n) is 4.51. The molecule has 2 heteroatoms. The second kappa shape index (κ2) is 4.50. The minimum Gasteiger partial charge on any atom is -0.490 e. The average Bonchev–Trinajstić information content (AvgIpc) is 3.03. The molecule has 0 bridgehead atoms. The Kier molecular flexibility index (Phi) is 3.07. The standard InChI is InChI=1S/C17H23FO/c1-17(2,3)14-8-6-13-12(14)7-9-15(18)16(13)19-10-11-4-5-11/h7,9,11,14H,4-6,8,10H2,1-3H3/t14-/m1/s1. The van der Waals surface area contributed by atoms with Crippen LogP contribution in [-0.2, 0) is 6.42 Å². The second-order valence-electron chi connectivity index (χ2n) is 7.16. The molecule has 0 amide bonds. The third kappa shape index (κ3) is 2.50. The molecule has 0 spiro atoms. The van der Waals surface area contributed by atoms with Crippen molar-refractivity contribution in [1.82, 2.24) is 0 Å². The molecule has 19 heavy (non-hydrogen) atoms. The molecule has 1 aromatic rings. The van der Waals surface area contributed by atoms with Crippen LogP contribution >= 0.6 is 0 Å². The first kappa shape index (κ1) is 13.0. The SMILES string of the molecule is CC(C)(C)[C@@H]1CCc2c1ccc(F)c2OCC1CC1. The van der Waals surface area contributed by atoms with E-state index in [9.17, 15) is 4.39 Å². The molecular weight excluding hydrogens is 239 g/mol. The van der Waals surface area contributed by atoms with Crippen molar-refractivity contribution >= 4 is 0 Å². The van der Waals surface area contributed by atoms with Gasteiger partial charge in [-0.05, 0) is 54.6 Å². The summed E-state index contributed by atoms with van der Waals surface area (Å²) in [6.07, 6.45) is 4.54. The van der Waals surface area contributed by atoms with Gasteiger partial charge in [0, 0.05) is 5.56 Å². The van der Waals surface area contributed by atoms with E-state index in [2.05, 4.69) is 20.8 Å². The zero-order valence-electron chi connectivity index (χ0n) is 12.1. The topological polar surface area (TPSA) is 9.23 Å². The van der Waals surface area contributed by atoms with Gasteiger partial charge in [-0.1, -0.05) is 26.8 Å². The number of fused-ring (bicyclic) bond motifs is 1. The van der Waals surface area contributed by atoms with Crippen molar-refractivity contribution in [3.05, 3.63) is 29.1 Å². The maximum Gasteiger partial charge on any atom is 0.165 e. The molecule has 0 radical (unpaired) electrons. The summed E-state index contributed by atoms with van der Waals surface area (Å²) in [5.74, 6) is 1.53. The van der Waals surface area contributed by atoms with E-state index in [0.717, 1.165) is 18.4 Å². The number of hydrogen-bond acceptors (Lipinski definition) is 1. The Hall–Kier alpha value is -1.05. The first-order valence-electron chi connectivity index (χ1n) is 7.41. The number of hydrogen-bond donors (Lipinski definition) is 0. The monoisotopic (exact) mass is 262 g/mol. The van der Waals surface area contributed by atoms with Gasteiger partial charge in [0.1, 0.15) is 0 Å². The first-order chi connectivity index (χ1) is 8.97. The average molecular weight is 262 g/mol. The molecule has 1 nitrogen and oxygen atoms in total. The molecule has 1 atom stereocenters. The van der Waals surface area contributed by atoms with Crippen LogP contribution in [0.1, 0.15) is 57.1 Å². The highest BCUT2D eigenvalue weighted by molar-refractivity contribution is 5.47. The van der Waals surface area contributed by atoms with Gasteiger partial charge in [-0.25, -0.2) is 4.39 Å². The predicted octanol–water partition coefficient (Wildman–Crippen LogP) is 4.69. The molecule has 3 rings (SSSR count). The highest BCUT2D eigenvalue weighted by Gasteiger charge is 2.35. The van der Waals surface area contributed by atoms with Crippen molar-refractivity contribution in [3.8, 4) is 5.75 Å². The zero-order valence-corrected chi connectivity index (χ0v) is 12.1. The van der Waals surface area contributed by atoms with E-state index in [-0.39, 0.29) is 11.2 Å². The molecule has 0 aliphatic heterocycles. The van der Waals surface area contributed by atoms with Crippen LogP contribution in [0.3, 0.4) is 0 Å². The van der Waals surface area contributed by atoms with Gasteiger partial charge in [0.25, 0.3) is 0 Å². The molecule has 0 unspecified atom stereocenters. The molecule has 104 valence electrons. The van der Waals surface area contributed by atoms with Crippen molar-refractivity contribution in [1.29, 1.82) is 0 Å². The lowest BCUT2D eigenvalue weighted by Crippen LogP contribution is -2.16. The van der Waals surface area contributed by atoms with E-state index in [1.54, 1.807) is 6.07 Å². The second-order valence-corrected chi connectivity index (χ2v) is 7.16.